The minimum atomic E-state index is 0. The molecule has 68 valence electrons. The molecule has 2 saturated heterocycles. The molecule has 2 aliphatic heterocycles. The van der Waals surface area contributed by atoms with Crippen LogP contribution in [-0.4, -0.2) is 25.7 Å². The highest BCUT2D eigenvalue weighted by molar-refractivity contribution is 5.85. The smallest absolute Gasteiger partial charge is 0.0309 e. The van der Waals surface area contributed by atoms with Crippen molar-refractivity contribution >= 4 is 24.8 Å². The van der Waals surface area contributed by atoms with Crippen LogP contribution in [0.3, 0.4) is 0 Å². The first-order chi connectivity index (χ1) is 4.35. The van der Waals surface area contributed by atoms with Gasteiger partial charge in [-0.1, -0.05) is 0 Å². The van der Waals surface area contributed by atoms with Crippen molar-refractivity contribution in [3.05, 3.63) is 0 Å². The molecular weight excluding hydrogens is 183 g/mol. The quantitative estimate of drug-likeness (QED) is 0.652. The Bertz CT molecular complexity index is 118. The molecule has 0 unspecified atom stereocenters. The van der Waals surface area contributed by atoms with Crippen LogP contribution in [0.15, 0.2) is 0 Å². The second-order valence-electron chi connectivity index (χ2n) is 3.44. The van der Waals surface area contributed by atoms with Crippen molar-refractivity contribution in [2.24, 2.45) is 5.92 Å². The number of piperidine rings is 2. The highest BCUT2D eigenvalue weighted by atomic mass is 35.5. The molecular formula is C7H16Cl2N2. The molecule has 3 aliphatic rings. The van der Waals surface area contributed by atoms with Crippen LogP contribution in [0, 0.1) is 5.92 Å². The van der Waals surface area contributed by atoms with Gasteiger partial charge in [-0.05, 0) is 32.4 Å². The lowest BCUT2D eigenvalue weighted by molar-refractivity contribution is 0.0678. The first-order valence-electron chi connectivity index (χ1n) is 3.74. The van der Waals surface area contributed by atoms with Crippen LogP contribution in [0.2, 0.25) is 0 Å². The van der Waals surface area contributed by atoms with Crippen molar-refractivity contribution in [2.75, 3.05) is 20.1 Å². The van der Waals surface area contributed by atoms with Crippen LogP contribution < -0.4 is 10.6 Å². The van der Waals surface area contributed by atoms with E-state index in [2.05, 4.69) is 17.7 Å². The zero-order chi connectivity index (χ0) is 6.32. The molecule has 0 amide bonds. The highest BCUT2D eigenvalue weighted by Gasteiger charge is 2.45. The molecule has 0 radical (unpaired) electrons. The van der Waals surface area contributed by atoms with Gasteiger partial charge in [-0.2, -0.15) is 0 Å². The molecule has 3 rings (SSSR count). The predicted molar refractivity (Wildman–Crippen MR) is 51.9 cm³/mol. The summed E-state index contributed by atoms with van der Waals surface area (Å²) in [5.41, 5.74) is 0.503. The average molecular weight is 199 g/mol. The Hall–Kier alpha value is 0.500. The van der Waals surface area contributed by atoms with Crippen molar-refractivity contribution < 1.29 is 0 Å². The monoisotopic (exact) mass is 198 g/mol. The molecule has 0 aromatic carbocycles. The molecule has 11 heavy (non-hydrogen) atoms. The Labute approximate surface area is 80.3 Å². The van der Waals surface area contributed by atoms with Crippen LogP contribution in [0.1, 0.15) is 12.8 Å². The summed E-state index contributed by atoms with van der Waals surface area (Å²) in [6.07, 6.45) is 2.80. The maximum atomic E-state index is 3.41. The van der Waals surface area contributed by atoms with E-state index in [-0.39, 0.29) is 24.8 Å². The molecule has 3 fully saturated rings. The zero-order valence-corrected chi connectivity index (χ0v) is 8.36. The third-order valence-electron chi connectivity index (χ3n) is 2.79. The van der Waals surface area contributed by atoms with Gasteiger partial charge >= 0.3 is 0 Å². The molecule has 0 atom stereocenters. The Kier molecular flexibility index (Phi) is 4.12. The molecule has 1 saturated carbocycles. The molecule has 2 bridgehead atoms. The van der Waals surface area contributed by atoms with Gasteiger partial charge in [0, 0.05) is 12.1 Å². The number of halogens is 2. The van der Waals surface area contributed by atoms with Gasteiger partial charge in [0.05, 0.1) is 0 Å². The number of rotatable bonds is 1. The van der Waals surface area contributed by atoms with Crippen molar-refractivity contribution in [1.29, 1.82) is 0 Å². The number of hydrogen-bond donors (Lipinski definition) is 2. The van der Waals surface area contributed by atoms with Gasteiger partial charge in [0.25, 0.3) is 0 Å². The number of fused-ring (bicyclic) bond motifs is 2. The van der Waals surface area contributed by atoms with Gasteiger partial charge in [-0.3, -0.25) is 0 Å². The number of likely N-dealkylation sites (N-methyl/N-ethyl adjacent to an activating group) is 1. The first kappa shape index (κ1) is 11.5. The third kappa shape index (κ3) is 1.81. The lowest BCUT2D eigenvalue weighted by Crippen LogP contribution is -2.66. The summed E-state index contributed by atoms with van der Waals surface area (Å²) in [4.78, 5) is 0. The summed E-state index contributed by atoms with van der Waals surface area (Å²) >= 11 is 0. The van der Waals surface area contributed by atoms with Gasteiger partial charge in [0.1, 0.15) is 0 Å². The lowest BCUT2D eigenvalue weighted by atomic mass is 9.65. The standard InChI is InChI=1S/C7H14N2.2ClH/c1-8-7-2-6(3-7)4-9-5-7;;/h6,8-9H,2-5H2,1H3;2*1H. The van der Waals surface area contributed by atoms with Crippen LogP contribution in [-0.2, 0) is 0 Å². The van der Waals surface area contributed by atoms with Gasteiger partial charge in [0.2, 0.25) is 0 Å². The summed E-state index contributed by atoms with van der Waals surface area (Å²) in [5, 5.41) is 6.80. The Morgan fingerprint density at radius 1 is 1.36 bits per heavy atom. The van der Waals surface area contributed by atoms with E-state index in [1.807, 2.05) is 0 Å². The SMILES string of the molecule is CNC12CNCC(C1)C2.Cl.Cl. The second-order valence-corrected chi connectivity index (χ2v) is 3.44. The average Bonchev–Trinajstić information content (AvgIpc) is 1.88. The molecule has 4 heteroatoms. The normalized spacial score (nSPS) is 39.5. The fraction of sp³-hybridized carbons (Fsp3) is 1.00. The Morgan fingerprint density at radius 2 is 2.00 bits per heavy atom. The highest BCUT2D eigenvalue weighted by Crippen LogP contribution is 2.39. The van der Waals surface area contributed by atoms with Crippen molar-refractivity contribution in [1.82, 2.24) is 10.6 Å². The van der Waals surface area contributed by atoms with E-state index in [1.165, 1.54) is 25.9 Å². The van der Waals surface area contributed by atoms with E-state index in [4.69, 9.17) is 0 Å². The summed E-state index contributed by atoms with van der Waals surface area (Å²) < 4.78 is 0. The van der Waals surface area contributed by atoms with Crippen molar-refractivity contribution in [3.63, 3.8) is 0 Å². The fourth-order valence-corrected chi connectivity index (χ4v) is 2.14. The molecule has 2 heterocycles. The summed E-state index contributed by atoms with van der Waals surface area (Å²) in [6, 6.07) is 0. The summed E-state index contributed by atoms with van der Waals surface area (Å²) in [5.74, 6) is 0.978. The molecule has 2 N–H and O–H groups in total. The molecule has 0 aromatic rings. The maximum Gasteiger partial charge on any atom is 0.0309 e. The summed E-state index contributed by atoms with van der Waals surface area (Å²) in [6.45, 7) is 2.43. The fourth-order valence-electron chi connectivity index (χ4n) is 2.14. The molecule has 2 nitrogen and oxygen atoms in total. The van der Waals surface area contributed by atoms with E-state index >= 15 is 0 Å². The molecule has 1 aliphatic carbocycles. The Morgan fingerprint density at radius 3 is 2.27 bits per heavy atom. The minimum Gasteiger partial charge on any atom is -0.315 e. The zero-order valence-electron chi connectivity index (χ0n) is 6.72. The van der Waals surface area contributed by atoms with E-state index in [0.29, 0.717) is 5.54 Å². The van der Waals surface area contributed by atoms with E-state index in [0.717, 1.165) is 5.92 Å². The first-order valence-corrected chi connectivity index (χ1v) is 3.74. The molecule has 0 spiro atoms. The van der Waals surface area contributed by atoms with Crippen LogP contribution in [0.5, 0.6) is 0 Å². The van der Waals surface area contributed by atoms with Gasteiger partial charge in [-0.15, -0.1) is 24.8 Å². The van der Waals surface area contributed by atoms with Crippen LogP contribution in [0.4, 0.5) is 0 Å². The number of hydrogen-bond acceptors (Lipinski definition) is 2. The lowest BCUT2D eigenvalue weighted by Gasteiger charge is -2.52. The van der Waals surface area contributed by atoms with Gasteiger partial charge in [0.15, 0.2) is 0 Å². The third-order valence-corrected chi connectivity index (χ3v) is 2.79. The minimum absolute atomic E-state index is 0. The van der Waals surface area contributed by atoms with Crippen LogP contribution in [0.25, 0.3) is 0 Å². The van der Waals surface area contributed by atoms with Gasteiger partial charge in [-0.25, -0.2) is 0 Å². The van der Waals surface area contributed by atoms with E-state index < -0.39 is 0 Å². The van der Waals surface area contributed by atoms with E-state index in [1.54, 1.807) is 0 Å². The molecule has 0 aromatic heterocycles. The second kappa shape index (κ2) is 3.94. The number of nitrogens with one attached hydrogen (secondary N) is 2. The Balaban J connectivity index is 0.000000500. The summed E-state index contributed by atoms with van der Waals surface area (Å²) in [7, 11) is 2.07. The predicted octanol–water partition coefficient (Wildman–Crippen LogP) is 0.801. The topological polar surface area (TPSA) is 24.1 Å². The van der Waals surface area contributed by atoms with Crippen LogP contribution >= 0.6 is 24.8 Å². The van der Waals surface area contributed by atoms with Crippen molar-refractivity contribution in [2.45, 2.75) is 18.4 Å². The maximum absolute atomic E-state index is 3.41. The van der Waals surface area contributed by atoms with E-state index in [9.17, 15) is 0 Å². The van der Waals surface area contributed by atoms with Crippen molar-refractivity contribution in [3.8, 4) is 0 Å². The van der Waals surface area contributed by atoms with Gasteiger partial charge < -0.3 is 10.6 Å². The largest absolute Gasteiger partial charge is 0.315 e.